The molecule has 2 heterocycles. The summed E-state index contributed by atoms with van der Waals surface area (Å²) >= 11 is 0. The van der Waals surface area contributed by atoms with E-state index in [-0.39, 0.29) is 11.8 Å². The summed E-state index contributed by atoms with van der Waals surface area (Å²) in [5.41, 5.74) is 1.44. The number of hydroxylamine groups is 2. The Balaban J connectivity index is 1.22. The number of carbonyl (C=O) groups is 1. The van der Waals surface area contributed by atoms with Crippen molar-refractivity contribution in [3.05, 3.63) is 84.4 Å². The number of rotatable bonds is 6. The second kappa shape index (κ2) is 9.90. The van der Waals surface area contributed by atoms with Crippen LogP contribution in [0.5, 0.6) is 11.5 Å². The van der Waals surface area contributed by atoms with Gasteiger partial charge in [0.1, 0.15) is 23.9 Å². The molecule has 1 aliphatic rings. The average molecular weight is 422 g/mol. The molecule has 2 amide bonds. The number of urea groups is 1. The van der Waals surface area contributed by atoms with Crippen LogP contribution in [0.1, 0.15) is 5.56 Å². The van der Waals surface area contributed by atoms with Crippen LogP contribution in [-0.4, -0.2) is 47.2 Å². The van der Waals surface area contributed by atoms with Crippen molar-refractivity contribution in [2.75, 3.05) is 31.5 Å². The quantitative estimate of drug-likeness (QED) is 0.652. The van der Waals surface area contributed by atoms with Crippen molar-refractivity contribution in [1.82, 2.24) is 14.9 Å². The molecule has 0 aliphatic carbocycles. The largest absolute Gasteiger partial charge is 0.489 e. The van der Waals surface area contributed by atoms with Crippen molar-refractivity contribution in [2.45, 2.75) is 6.61 Å². The molecule has 4 rings (SSSR count). The van der Waals surface area contributed by atoms with Crippen LogP contribution < -0.4 is 14.9 Å². The van der Waals surface area contributed by atoms with E-state index in [2.05, 4.69) is 10.3 Å². The molecule has 0 saturated carbocycles. The number of hydrogen-bond acceptors (Lipinski definition) is 5. The molecule has 2 aromatic carbocycles. The van der Waals surface area contributed by atoms with Crippen molar-refractivity contribution in [2.24, 2.45) is 0 Å². The lowest BCUT2D eigenvalue weighted by molar-refractivity contribution is -0.0813. The molecule has 0 unspecified atom stereocenters. The van der Waals surface area contributed by atoms with Gasteiger partial charge in [0.2, 0.25) is 0 Å². The second-order valence-corrected chi connectivity index (χ2v) is 7.07. The van der Waals surface area contributed by atoms with Crippen molar-refractivity contribution in [1.29, 1.82) is 0 Å². The highest BCUT2D eigenvalue weighted by Crippen LogP contribution is 2.20. The fourth-order valence-corrected chi connectivity index (χ4v) is 3.16. The average Bonchev–Trinajstić information content (AvgIpc) is 2.80. The molecule has 7 nitrogen and oxygen atoms in total. The van der Waals surface area contributed by atoms with E-state index in [9.17, 15) is 9.18 Å². The zero-order valence-electron chi connectivity index (χ0n) is 16.9. The fourth-order valence-electron chi connectivity index (χ4n) is 3.16. The van der Waals surface area contributed by atoms with Gasteiger partial charge in [-0.3, -0.25) is 4.98 Å². The number of amides is 2. The zero-order valence-corrected chi connectivity index (χ0v) is 16.9. The first-order valence-corrected chi connectivity index (χ1v) is 10.0. The van der Waals surface area contributed by atoms with Gasteiger partial charge in [0.15, 0.2) is 0 Å². The molecule has 0 bridgehead atoms. The predicted molar refractivity (Wildman–Crippen MR) is 114 cm³/mol. The lowest BCUT2D eigenvalue weighted by Crippen LogP contribution is -2.50. The van der Waals surface area contributed by atoms with Crippen molar-refractivity contribution >= 4 is 11.7 Å². The number of hydrogen-bond donors (Lipinski definition) is 1. The van der Waals surface area contributed by atoms with E-state index < -0.39 is 0 Å². The molecule has 8 heteroatoms. The Morgan fingerprint density at radius 1 is 1.00 bits per heavy atom. The first kappa shape index (κ1) is 20.6. The molecule has 31 heavy (non-hydrogen) atoms. The third-order valence-electron chi connectivity index (χ3n) is 4.79. The number of carbonyl (C=O) groups excluding carboxylic acids is 1. The summed E-state index contributed by atoms with van der Waals surface area (Å²) in [7, 11) is 0. The van der Waals surface area contributed by atoms with Gasteiger partial charge < -0.3 is 19.8 Å². The van der Waals surface area contributed by atoms with Crippen LogP contribution in [0.15, 0.2) is 73.1 Å². The molecule has 1 N–H and O–H groups in total. The number of aromatic nitrogens is 1. The van der Waals surface area contributed by atoms with Crippen LogP contribution in [0, 0.1) is 5.82 Å². The number of nitrogens with one attached hydrogen (secondary N) is 1. The maximum absolute atomic E-state index is 13.2. The van der Waals surface area contributed by atoms with Crippen LogP contribution >= 0.6 is 0 Å². The van der Waals surface area contributed by atoms with Gasteiger partial charge in [-0.25, -0.2) is 9.18 Å². The summed E-state index contributed by atoms with van der Waals surface area (Å²) in [5, 5.41) is 4.67. The molecule has 1 saturated heterocycles. The van der Waals surface area contributed by atoms with E-state index in [1.54, 1.807) is 35.5 Å². The molecule has 0 radical (unpaired) electrons. The Morgan fingerprint density at radius 2 is 1.77 bits per heavy atom. The minimum Gasteiger partial charge on any atom is -0.489 e. The van der Waals surface area contributed by atoms with Gasteiger partial charge in [0.05, 0.1) is 25.0 Å². The van der Waals surface area contributed by atoms with E-state index >= 15 is 0 Å². The monoisotopic (exact) mass is 422 g/mol. The summed E-state index contributed by atoms with van der Waals surface area (Å²) in [6, 6.07) is 17.0. The number of anilines is 1. The van der Waals surface area contributed by atoms with E-state index in [0.717, 1.165) is 5.56 Å². The van der Waals surface area contributed by atoms with Gasteiger partial charge in [-0.15, -0.1) is 5.06 Å². The van der Waals surface area contributed by atoms with Crippen molar-refractivity contribution in [3.63, 3.8) is 0 Å². The Labute approximate surface area is 180 Å². The summed E-state index contributed by atoms with van der Waals surface area (Å²) in [5.74, 6) is 1.08. The molecule has 160 valence electrons. The summed E-state index contributed by atoms with van der Waals surface area (Å²) in [4.78, 5) is 24.0. The van der Waals surface area contributed by atoms with Gasteiger partial charge in [-0.05, 0) is 54.1 Å². The first-order valence-electron chi connectivity index (χ1n) is 10.0. The van der Waals surface area contributed by atoms with Gasteiger partial charge in [0, 0.05) is 19.3 Å². The van der Waals surface area contributed by atoms with Gasteiger partial charge >= 0.3 is 6.03 Å². The lowest BCUT2D eigenvalue weighted by atomic mass is 10.2. The van der Waals surface area contributed by atoms with Crippen LogP contribution in [0.4, 0.5) is 14.9 Å². The van der Waals surface area contributed by atoms with Gasteiger partial charge in [-0.2, -0.15) is 0 Å². The third-order valence-corrected chi connectivity index (χ3v) is 4.79. The molecule has 0 atom stereocenters. The van der Waals surface area contributed by atoms with E-state index in [0.29, 0.717) is 50.0 Å². The molecule has 3 aromatic rings. The van der Waals surface area contributed by atoms with Crippen molar-refractivity contribution < 1.29 is 18.8 Å². The number of pyridine rings is 1. The van der Waals surface area contributed by atoms with Crippen molar-refractivity contribution in [3.8, 4) is 11.5 Å². The summed E-state index contributed by atoms with van der Waals surface area (Å²) in [6.07, 6.45) is 3.28. The van der Waals surface area contributed by atoms with E-state index in [4.69, 9.17) is 9.57 Å². The number of piperazine rings is 1. The zero-order chi connectivity index (χ0) is 21.5. The SMILES string of the molecule is O=C(Nc1cccnc1)N1CCN(Oc2ccc(OCc3cccc(F)c3)cc2)CC1. The fraction of sp³-hybridized carbons (Fsp3) is 0.217. The van der Waals surface area contributed by atoms with E-state index in [1.165, 1.54) is 12.1 Å². The molecule has 1 aromatic heterocycles. The first-order chi connectivity index (χ1) is 15.2. The van der Waals surface area contributed by atoms with Gasteiger partial charge in [-0.1, -0.05) is 12.1 Å². The third kappa shape index (κ3) is 5.93. The Hall–Kier alpha value is -3.65. The highest BCUT2D eigenvalue weighted by atomic mass is 19.1. The summed E-state index contributed by atoms with van der Waals surface area (Å²) < 4.78 is 18.9. The van der Waals surface area contributed by atoms with Crippen LogP contribution in [0.2, 0.25) is 0 Å². The maximum Gasteiger partial charge on any atom is 0.321 e. The highest BCUT2D eigenvalue weighted by Gasteiger charge is 2.22. The number of ether oxygens (including phenoxy) is 1. The number of halogens is 1. The molecular weight excluding hydrogens is 399 g/mol. The van der Waals surface area contributed by atoms with Gasteiger partial charge in [0.25, 0.3) is 0 Å². The number of benzene rings is 2. The highest BCUT2D eigenvalue weighted by molar-refractivity contribution is 5.89. The minimum absolute atomic E-state index is 0.146. The summed E-state index contributed by atoms with van der Waals surface area (Å²) in [6.45, 7) is 2.60. The minimum atomic E-state index is -0.278. The molecule has 0 spiro atoms. The maximum atomic E-state index is 13.2. The lowest BCUT2D eigenvalue weighted by Gasteiger charge is -2.33. The molecule has 1 fully saturated rings. The normalized spacial score (nSPS) is 14.2. The Kier molecular flexibility index (Phi) is 6.59. The van der Waals surface area contributed by atoms with Crippen LogP contribution in [-0.2, 0) is 6.61 Å². The van der Waals surface area contributed by atoms with E-state index in [1.807, 2.05) is 35.4 Å². The predicted octanol–water partition coefficient (Wildman–Crippen LogP) is 3.94. The smallest absolute Gasteiger partial charge is 0.321 e. The number of nitrogens with zero attached hydrogens (tertiary/aromatic N) is 3. The molecule has 1 aliphatic heterocycles. The topological polar surface area (TPSA) is 66.9 Å². The standard InChI is InChI=1S/C23H23FN4O3/c24-19-4-1-3-18(15-19)17-30-21-6-8-22(9-7-21)31-28-13-11-27(12-14-28)23(29)26-20-5-2-10-25-16-20/h1-10,15-16H,11-14,17H2,(H,26,29). The second-order valence-electron chi connectivity index (χ2n) is 7.07. The Morgan fingerprint density at radius 3 is 2.48 bits per heavy atom. The van der Waals surface area contributed by atoms with Crippen LogP contribution in [0.3, 0.4) is 0 Å². The Bertz CT molecular complexity index is 993. The van der Waals surface area contributed by atoms with Crippen LogP contribution in [0.25, 0.3) is 0 Å². The molecular formula is C23H23FN4O3.